The van der Waals surface area contributed by atoms with E-state index in [1.165, 1.54) is 35.9 Å². The van der Waals surface area contributed by atoms with Crippen LogP contribution in [0.5, 0.6) is 0 Å². The SMILES string of the molecule is Cn1c(C(=O)OCC(=O)Nc2ccc(S(N)(=O)=O)cc2)c(-c2ccc(Cl)cc2)c2ccccc2c1=O. The van der Waals surface area contributed by atoms with Crippen LogP contribution in [-0.4, -0.2) is 31.5 Å². The van der Waals surface area contributed by atoms with E-state index in [-0.39, 0.29) is 16.3 Å². The minimum Gasteiger partial charge on any atom is -0.451 e. The first-order chi connectivity index (χ1) is 17.1. The molecule has 1 aromatic heterocycles. The maximum atomic E-state index is 13.2. The Morgan fingerprint density at radius 1 is 0.972 bits per heavy atom. The molecule has 1 heterocycles. The summed E-state index contributed by atoms with van der Waals surface area (Å²) in [6.45, 7) is -0.642. The van der Waals surface area contributed by atoms with Gasteiger partial charge in [-0.25, -0.2) is 18.4 Å². The summed E-state index contributed by atoms with van der Waals surface area (Å²) in [5, 5.41) is 9.03. The van der Waals surface area contributed by atoms with E-state index in [4.69, 9.17) is 21.5 Å². The standard InChI is InChI=1S/C25H20ClN3O6S/c1-29-23(25(32)35-14-21(30)28-17-10-12-18(13-11-17)36(27,33)34)22(15-6-8-16(26)9-7-15)19-4-2-3-5-20(19)24(29)31/h2-13H,14H2,1H3,(H,28,30)(H2,27,33,34). The van der Waals surface area contributed by atoms with Gasteiger partial charge in [-0.3, -0.25) is 9.59 Å². The van der Waals surface area contributed by atoms with Crippen molar-refractivity contribution in [2.75, 3.05) is 11.9 Å². The zero-order chi connectivity index (χ0) is 26.0. The molecule has 0 unspecified atom stereocenters. The second-order valence-electron chi connectivity index (χ2n) is 7.83. The Kier molecular flexibility index (Phi) is 6.93. The first-order valence-corrected chi connectivity index (χ1v) is 12.5. The van der Waals surface area contributed by atoms with Crippen molar-refractivity contribution < 1.29 is 22.7 Å². The van der Waals surface area contributed by atoms with Gasteiger partial charge in [0.15, 0.2) is 6.61 Å². The number of carbonyl (C=O) groups excluding carboxylic acids is 2. The third-order valence-electron chi connectivity index (χ3n) is 5.43. The quantitative estimate of drug-likeness (QED) is 0.370. The Bertz CT molecular complexity index is 1650. The molecule has 4 aromatic rings. The molecule has 0 radical (unpaired) electrons. The van der Waals surface area contributed by atoms with E-state index in [1.54, 1.807) is 48.5 Å². The number of ether oxygens (including phenoxy) is 1. The average molecular weight is 526 g/mol. The van der Waals surface area contributed by atoms with Crippen molar-refractivity contribution in [2.45, 2.75) is 4.90 Å². The smallest absolute Gasteiger partial charge is 0.356 e. The van der Waals surface area contributed by atoms with Crippen LogP contribution in [0.2, 0.25) is 5.02 Å². The van der Waals surface area contributed by atoms with Gasteiger partial charge in [-0.15, -0.1) is 0 Å². The molecule has 184 valence electrons. The van der Waals surface area contributed by atoms with Gasteiger partial charge in [0.25, 0.3) is 11.5 Å². The van der Waals surface area contributed by atoms with Crippen LogP contribution < -0.4 is 16.0 Å². The lowest BCUT2D eigenvalue weighted by Crippen LogP contribution is -2.28. The number of fused-ring (bicyclic) bond motifs is 1. The molecule has 36 heavy (non-hydrogen) atoms. The summed E-state index contributed by atoms with van der Waals surface area (Å²) >= 11 is 6.03. The Balaban J connectivity index is 1.63. The number of anilines is 1. The maximum absolute atomic E-state index is 13.2. The van der Waals surface area contributed by atoms with Crippen LogP contribution >= 0.6 is 11.6 Å². The fraction of sp³-hybridized carbons (Fsp3) is 0.0800. The zero-order valence-electron chi connectivity index (χ0n) is 18.9. The molecule has 11 heteroatoms. The number of esters is 1. The fourth-order valence-electron chi connectivity index (χ4n) is 3.74. The molecule has 0 aliphatic heterocycles. The number of amides is 1. The van der Waals surface area contributed by atoms with Crippen LogP contribution in [0.4, 0.5) is 5.69 Å². The molecule has 0 aliphatic carbocycles. The van der Waals surface area contributed by atoms with Gasteiger partial charge >= 0.3 is 5.97 Å². The fourth-order valence-corrected chi connectivity index (χ4v) is 4.38. The largest absolute Gasteiger partial charge is 0.451 e. The first-order valence-electron chi connectivity index (χ1n) is 10.5. The molecule has 3 N–H and O–H groups in total. The number of aromatic nitrogens is 1. The van der Waals surface area contributed by atoms with Crippen LogP contribution in [0.1, 0.15) is 10.5 Å². The second kappa shape index (κ2) is 9.94. The van der Waals surface area contributed by atoms with Crippen LogP contribution in [0, 0.1) is 0 Å². The number of nitrogens with two attached hydrogens (primary N) is 1. The third-order valence-corrected chi connectivity index (χ3v) is 6.61. The normalized spacial score (nSPS) is 11.3. The van der Waals surface area contributed by atoms with Crippen molar-refractivity contribution in [3.05, 3.63) is 93.9 Å². The molecule has 0 saturated carbocycles. The predicted molar refractivity (Wildman–Crippen MR) is 136 cm³/mol. The van der Waals surface area contributed by atoms with Crippen molar-refractivity contribution >= 4 is 50.0 Å². The first kappa shape index (κ1) is 25.1. The van der Waals surface area contributed by atoms with Gasteiger partial charge in [0, 0.05) is 28.7 Å². The summed E-state index contributed by atoms with van der Waals surface area (Å²) < 4.78 is 29.2. The van der Waals surface area contributed by atoms with E-state index in [2.05, 4.69) is 5.32 Å². The lowest BCUT2D eigenvalue weighted by atomic mass is 9.97. The van der Waals surface area contributed by atoms with E-state index in [0.29, 0.717) is 26.9 Å². The summed E-state index contributed by atoms with van der Waals surface area (Å²) in [6.07, 6.45) is 0. The van der Waals surface area contributed by atoms with Crippen molar-refractivity contribution in [1.82, 2.24) is 4.57 Å². The van der Waals surface area contributed by atoms with Gasteiger partial charge in [-0.1, -0.05) is 41.9 Å². The van der Waals surface area contributed by atoms with Gasteiger partial charge in [-0.2, -0.15) is 0 Å². The summed E-state index contributed by atoms with van der Waals surface area (Å²) in [6, 6.07) is 18.8. The number of halogens is 1. The van der Waals surface area contributed by atoms with Gasteiger partial charge in [0.05, 0.1) is 4.90 Å². The summed E-state index contributed by atoms with van der Waals surface area (Å²) in [5.41, 5.74) is 0.968. The molecule has 0 aliphatic rings. The van der Waals surface area contributed by atoms with Crippen molar-refractivity contribution in [2.24, 2.45) is 12.2 Å². The Hall–Kier alpha value is -3.99. The molecular weight excluding hydrogens is 506 g/mol. The molecule has 0 saturated heterocycles. The molecule has 0 bridgehead atoms. The van der Waals surface area contributed by atoms with Crippen LogP contribution in [0.3, 0.4) is 0 Å². The number of nitrogens with zero attached hydrogens (tertiary/aromatic N) is 1. The monoisotopic (exact) mass is 525 g/mol. The van der Waals surface area contributed by atoms with Gasteiger partial charge in [0.1, 0.15) is 5.69 Å². The lowest BCUT2D eigenvalue weighted by molar-refractivity contribution is -0.119. The van der Waals surface area contributed by atoms with E-state index in [9.17, 15) is 22.8 Å². The third kappa shape index (κ3) is 5.15. The molecule has 3 aromatic carbocycles. The van der Waals surface area contributed by atoms with E-state index in [0.717, 1.165) is 0 Å². The number of primary sulfonamides is 1. The Morgan fingerprint density at radius 3 is 2.19 bits per heavy atom. The Labute approximate surface area is 211 Å². The second-order valence-corrected chi connectivity index (χ2v) is 9.83. The van der Waals surface area contributed by atoms with Crippen LogP contribution in [0.15, 0.2) is 82.5 Å². The molecule has 0 atom stereocenters. The molecule has 0 spiro atoms. The van der Waals surface area contributed by atoms with E-state index >= 15 is 0 Å². The van der Waals surface area contributed by atoms with E-state index in [1.807, 2.05) is 0 Å². The Morgan fingerprint density at radius 2 is 1.58 bits per heavy atom. The van der Waals surface area contributed by atoms with Crippen molar-refractivity contribution in [1.29, 1.82) is 0 Å². The van der Waals surface area contributed by atoms with Crippen LogP contribution in [-0.2, 0) is 26.6 Å². The molecular formula is C25H20ClN3O6S. The topological polar surface area (TPSA) is 138 Å². The molecule has 9 nitrogen and oxygen atoms in total. The van der Waals surface area contributed by atoms with Crippen molar-refractivity contribution in [3.63, 3.8) is 0 Å². The summed E-state index contributed by atoms with van der Waals surface area (Å²) in [4.78, 5) is 38.4. The number of nitrogens with one attached hydrogen (secondary N) is 1. The van der Waals surface area contributed by atoms with E-state index < -0.39 is 34.1 Å². The molecule has 0 fully saturated rings. The van der Waals surface area contributed by atoms with Gasteiger partial charge < -0.3 is 14.6 Å². The summed E-state index contributed by atoms with van der Waals surface area (Å²) in [5.74, 6) is -1.53. The highest BCUT2D eigenvalue weighted by Crippen LogP contribution is 2.31. The minimum absolute atomic E-state index is 0.0219. The number of benzene rings is 3. The number of sulfonamides is 1. The van der Waals surface area contributed by atoms with Crippen LogP contribution in [0.25, 0.3) is 21.9 Å². The molecule has 1 amide bonds. The van der Waals surface area contributed by atoms with Gasteiger partial charge in [0.2, 0.25) is 10.0 Å². The number of pyridine rings is 1. The lowest BCUT2D eigenvalue weighted by Gasteiger charge is -2.17. The number of hydrogen-bond acceptors (Lipinski definition) is 6. The van der Waals surface area contributed by atoms with Crippen molar-refractivity contribution in [3.8, 4) is 11.1 Å². The number of rotatable bonds is 6. The minimum atomic E-state index is -3.87. The predicted octanol–water partition coefficient (Wildman–Crippen LogP) is 3.30. The maximum Gasteiger partial charge on any atom is 0.356 e. The highest BCUT2D eigenvalue weighted by molar-refractivity contribution is 7.89. The highest BCUT2D eigenvalue weighted by Gasteiger charge is 2.23. The average Bonchev–Trinajstić information content (AvgIpc) is 2.85. The van der Waals surface area contributed by atoms with Gasteiger partial charge in [-0.05, 0) is 53.4 Å². The summed E-state index contributed by atoms with van der Waals surface area (Å²) in [7, 11) is -2.41. The number of carbonyl (C=O) groups is 2. The zero-order valence-corrected chi connectivity index (χ0v) is 20.5. The number of hydrogen-bond donors (Lipinski definition) is 2. The molecule has 4 rings (SSSR count). The highest BCUT2D eigenvalue weighted by atomic mass is 35.5.